The standard InChI is InChI=1S/C18H17ClN2O4S/c1-11-17(12-4-6-13(19)7-5-12)26(22,23)21-18(11)20-15-10-14(24-2)8-9-16(15)25-3/h4-10H,1-3H3,(H,20,21). The highest BCUT2D eigenvalue weighted by atomic mass is 35.5. The van der Waals surface area contributed by atoms with E-state index in [1.807, 2.05) is 0 Å². The summed E-state index contributed by atoms with van der Waals surface area (Å²) in [4.78, 5) is 0.151. The van der Waals surface area contributed by atoms with E-state index < -0.39 is 10.0 Å². The van der Waals surface area contributed by atoms with Gasteiger partial charge in [0.25, 0.3) is 10.0 Å². The third-order valence-corrected chi connectivity index (χ3v) is 5.66. The van der Waals surface area contributed by atoms with E-state index in [1.54, 1.807) is 56.5 Å². The Kier molecular flexibility index (Phi) is 4.93. The van der Waals surface area contributed by atoms with Crippen molar-refractivity contribution in [1.29, 1.82) is 0 Å². The zero-order valence-corrected chi connectivity index (χ0v) is 16.0. The van der Waals surface area contributed by atoms with Gasteiger partial charge in [-0.3, -0.25) is 0 Å². The van der Waals surface area contributed by atoms with Crippen molar-refractivity contribution in [2.24, 2.45) is 4.40 Å². The third-order valence-electron chi connectivity index (χ3n) is 3.93. The maximum absolute atomic E-state index is 12.6. The average Bonchev–Trinajstić information content (AvgIpc) is 2.84. The van der Waals surface area contributed by atoms with Crippen molar-refractivity contribution in [3.8, 4) is 11.5 Å². The van der Waals surface area contributed by atoms with E-state index in [-0.39, 0.29) is 10.7 Å². The molecule has 1 aliphatic rings. The summed E-state index contributed by atoms with van der Waals surface area (Å²) < 4.78 is 39.5. The number of hydrogen-bond acceptors (Lipinski definition) is 5. The van der Waals surface area contributed by atoms with Crippen LogP contribution in [-0.2, 0) is 10.0 Å². The van der Waals surface area contributed by atoms with Gasteiger partial charge in [-0.15, -0.1) is 4.40 Å². The van der Waals surface area contributed by atoms with E-state index in [2.05, 4.69) is 9.71 Å². The number of amidine groups is 1. The summed E-state index contributed by atoms with van der Waals surface area (Å²) in [5.41, 5.74) is 1.60. The number of sulfonamides is 1. The van der Waals surface area contributed by atoms with Gasteiger partial charge in [-0.25, -0.2) is 0 Å². The fourth-order valence-electron chi connectivity index (χ4n) is 2.66. The van der Waals surface area contributed by atoms with Crippen LogP contribution in [0.2, 0.25) is 5.02 Å². The van der Waals surface area contributed by atoms with Crippen LogP contribution in [0.1, 0.15) is 12.5 Å². The van der Waals surface area contributed by atoms with Crippen LogP contribution in [0.5, 0.6) is 11.5 Å². The van der Waals surface area contributed by atoms with Crippen LogP contribution in [-0.4, -0.2) is 28.5 Å². The van der Waals surface area contributed by atoms with Gasteiger partial charge in [-0.2, -0.15) is 8.42 Å². The summed E-state index contributed by atoms with van der Waals surface area (Å²) >= 11 is 5.89. The lowest BCUT2D eigenvalue weighted by atomic mass is 10.1. The summed E-state index contributed by atoms with van der Waals surface area (Å²) in [6.07, 6.45) is 0. The van der Waals surface area contributed by atoms with Crippen LogP contribution in [0.25, 0.3) is 4.91 Å². The van der Waals surface area contributed by atoms with Gasteiger partial charge in [-0.05, 0) is 36.8 Å². The lowest BCUT2D eigenvalue weighted by Gasteiger charge is -2.12. The smallest absolute Gasteiger partial charge is 0.285 e. The average molecular weight is 393 g/mol. The van der Waals surface area contributed by atoms with E-state index in [0.717, 1.165) is 0 Å². The second-order valence-electron chi connectivity index (χ2n) is 5.57. The summed E-state index contributed by atoms with van der Waals surface area (Å²) in [6, 6.07) is 11.8. The van der Waals surface area contributed by atoms with Crippen LogP contribution in [0.3, 0.4) is 0 Å². The van der Waals surface area contributed by atoms with Gasteiger partial charge in [0.15, 0.2) is 0 Å². The van der Waals surface area contributed by atoms with E-state index in [0.29, 0.717) is 33.3 Å². The second-order valence-corrected chi connectivity index (χ2v) is 7.54. The minimum atomic E-state index is -3.82. The SMILES string of the molecule is COc1ccc(OC)c(NC2=NS(=O)(=O)C(c3ccc(Cl)cc3)=C2C)c1. The summed E-state index contributed by atoms with van der Waals surface area (Å²) in [5, 5.41) is 3.56. The maximum atomic E-state index is 12.6. The molecule has 26 heavy (non-hydrogen) atoms. The Morgan fingerprint density at radius 3 is 2.35 bits per heavy atom. The van der Waals surface area contributed by atoms with Crippen molar-refractivity contribution in [1.82, 2.24) is 0 Å². The molecule has 136 valence electrons. The molecule has 0 aromatic heterocycles. The van der Waals surface area contributed by atoms with Crippen molar-refractivity contribution in [2.75, 3.05) is 19.5 Å². The number of nitrogens with one attached hydrogen (secondary N) is 1. The normalized spacial score (nSPS) is 15.6. The van der Waals surface area contributed by atoms with Gasteiger partial charge in [0.05, 0.1) is 19.9 Å². The summed E-state index contributed by atoms with van der Waals surface area (Å²) in [5.74, 6) is 1.38. The van der Waals surface area contributed by atoms with E-state index >= 15 is 0 Å². The minimum absolute atomic E-state index is 0.151. The molecule has 0 bridgehead atoms. The third kappa shape index (κ3) is 3.40. The highest BCUT2D eigenvalue weighted by Gasteiger charge is 2.31. The number of ether oxygens (including phenoxy) is 2. The molecule has 6 nitrogen and oxygen atoms in total. The molecule has 0 saturated heterocycles. The molecule has 0 aliphatic carbocycles. The molecule has 0 atom stereocenters. The molecule has 0 saturated carbocycles. The predicted octanol–water partition coefficient (Wildman–Crippen LogP) is 3.94. The molecule has 0 radical (unpaired) electrons. The first kappa shape index (κ1) is 18.3. The number of rotatable bonds is 4. The Morgan fingerprint density at radius 1 is 1.04 bits per heavy atom. The van der Waals surface area contributed by atoms with E-state index in [4.69, 9.17) is 21.1 Å². The monoisotopic (exact) mass is 392 g/mol. The molecule has 0 spiro atoms. The van der Waals surface area contributed by atoms with Crippen LogP contribution in [0.4, 0.5) is 5.69 Å². The molecule has 3 rings (SSSR count). The second kappa shape index (κ2) is 7.01. The Bertz CT molecular complexity index is 1010. The number of nitrogens with zero attached hydrogens (tertiary/aromatic N) is 1. The number of anilines is 1. The quantitative estimate of drug-likeness (QED) is 0.852. The number of benzene rings is 2. The Hall–Kier alpha value is -2.51. The zero-order chi connectivity index (χ0) is 18.9. The van der Waals surface area contributed by atoms with Crippen LogP contribution >= 0.6 is 11.6 Å². The molecule has 2 aromatic carbocycles. The predicted molar refractivity (Wildman–Crippen MR) is 104 cm³/mol. The van der Waals surface area contributed by atoms with Crippen molar-refractivity contribution >= 4 is 38.1 Å². The first-order valence-corrected chi connectivity index (χ1v) is 9.48. The van der Waals surface area contributed by atoms with Gasteiger partial charge in [0.2, 0.25) is 0 Å². The largest absolute Gasteiger partial charge is 0.497 e. The van der Waals surface area contributed by atoms with Crippen LogP contribution in [0.15, 0.2) is 52.4 Å². The first-order valence-electron chi connectivity index (χ1n) is 7.67. The molecule has 0 unspecified atom stereocenters. The van der Waals surface area contributed by atoms with Crippen molar-refractivity contribution in [2.45, 2.75) is 6.92 Å². The van der Waals surface area contributed by atoms with E-state index in [1.165, 1.54) is 7.11 Å². The highest BCUT2D eigenvalue weighted by molar-refractivity contribution is 8.00. The van der Waals surface area contributed by atoms with Crippen molar-refractivity contribution < 1.29 is 17.9 Å². The highest BCUT2D eigenvalue weighted by Crippen LogP contribution is 2.35. The topological polar surface area (TPSA) is 77.0 Å². The van der Waals surface area contributed by atoms with Crippen molar-refractivity contribution in [3.05, 3.63) is 58.6 Å². The lowest BCUT2D eigenvalue weighted by molar-refractivity contribution is 0.405. The number of hydrogen-bond donors (Lipinski definition) is 1. The molecule has 8 heteroatoms. The molecule has 2 aromatic rings. The summed E-state index contributed by atoms with van der Waals surface area (Å²) in [6.45, 7) is 1.70. The molecule has 1 heterocycles. The number of methoxy groups -OCH3 is 2. The maximum Gasteiger partial charge on any atom is 0.285 e. The van der Waals surface area contributed by atoms with Gasteiger partial charge < -0.3 is 14.8 Å². The molecular formula is C18H17ClN2O4S. The van der Waals surface area contributed by atoms with Gasteiger partial charge >= 0.3 is 0 Å². The van der Waals surface area contributed by atoms with Crippen LogP contribution in [0, 0.1) is 0 Å². The number of halogens is 1. The van der Waals surface area contributed by atoms with Gasteiger partial charge in [-0.1, -0.05) is 23.7 Å². The molecule has 1 aliphatic heterocycles. The van der Waals surface area contributed by atoms with Crippen molar-refractivity contribution in [3.63, 3.8) is 0 Å². The molecule has 0 amide bonds. The Balaban J connectivity index is 2.03. The Labute approximate surface area is 157 Å². The summed E-state index contributed by atoms with van der Waals surface area (Å²) in [7, 11) is -0.738. The van der Waals surface area contributed by atoms with Gasteiger partial charge in [0.1, 0.15) is 22.2 Å². The fourth-order valence-corrected chi connectivity index (χ4v) is 4.22. The molecular weight excluding hydrogens is 376 g/mol. The zero-order valence-electron chi connectivity index (χ0n) is 14.4. The fraction of sp³-hybridized carbons (Fsp3) is 0.167. The molecule has 1 N–H and O–H groups in total. The minimum Gasteiger partial charge on any atom is -0.497 e. The first-order chi connectivity index (χ1) is 12.4. The van der Waals surface area contributed by atoms with E-state index in [9.17, 15) is 8.42 Å². The van der Waals surface area contributed by atoms with Crippen LogP contribution < -0.4 is 14.8 Å². The lowest BCUT2D eigenvalue weighted by Crippen LogP contribution is -2.12. The van der Waals surface area contributed by atoms with Gasteiger partial charge in [0, 0.05) is 16.7 Å². The molecule has 0 fully saturated rings. The Morgan fingerprint density at radius 2 is 1.73 bits per heavy atom.